The molecule has 0 radical (unpaired) electrons. The molecule has 0 aromatic heterocycles. The molecule has 1 N–H and O–H groups in total. The van der Waals surface area contributed by atoms with Gasteiger partial charge in [0.15, 0.2) is 0 Å². The summed E-state index contributed by atoms with van der Waals surface area (Å²) in [4.78, 5) is 24.0. The Hall–Kier alpha value is -2.04. The third-order valence-corrected chi connectivity index (χ3v) is 2.82. The van der Waals surface area contributed by atoms with Crippen molar-refractivity contribution in [2.45, 2.75) is 52.9 Å². The van der Waals surface area contributed by atoms with Gasteiger partial charge in [-0.3, -0.25) is 0 Å². The van der Waals surface area contributed by atoms with Crippen molar-refractivity contribution in [2.24, 2.45) is 5.92 Å². The highest BCUT2D eigenvalue weighted by molar-refractivity contribution is 5.81. The zero-order valence-corrected chi connectivity index (χ0v) is 13.9. The number of hydrogen-bond donors (Lipinski definition) is 1. The van der Waals surface area contributed by atoms with E-state index >= 15 is 0 Å². The lowest BCUT2D eigenvalue weighted by Gasteiger charge is -2.24. The molecule has 0 bridgehead atoms. The smallest absolute Gasteiger partial charge is 0.408 e. The first-order valence-corrected chi connectivity index (χ1v) is 7.39. The van der Waals surface area contributed by atoms with Crippen LogP contribution in [0, 0.1) is 5.92 Å². The monoisotopic (exact) mass is 307 g/mol. The summed E-state index contributed by atoms with van der Waals surface area (Å²) in [6.45, 7) is 9.16. The summed E-state index contributed by atoms with van der Waals surface area (Å²) < 4.78 is 10.4. The molecule has 0 fully saturated rings. The first-order chi connectivity index (χ1) is 10.2. The van der Waals surface area contributed by atoms with Crippen molar-refractivity contribution >= 4 is 12.1 Å². The van der Waals surface area contributed by atoms with E-state index in [1.54, 1.807) is 20.8 Å². The molecule has 0 aliphatic heterocycles. The van der Waals surface area contributed by atoms with Crippen LogP contribution in [0.25, 0.3) is 0 Å². The zero-order valence-electron chi connectivity index (χ0n) is 13.9. The highest BCUT2D eigenvalue weighted by atomic mass is 16.6. The van der Waals surface area contributed by atoms with Gasteiger partial charge in [-0.2, -0.15) is 0 Å². The molecule has 1 aromatic rings. The normalized spacial score (nSPS) is 12.6. The largest absolute Gasteiger partial charge is 0.459 e. The molecule has 1 rings (SSSR count). The summed E-state index contributed by atoms with van der Waals surface area (Å²) in [5, 5.41) is 2.57. The van der Waals surface area contributed by atoms with Gasteiger partial charge in [-0.25, -0.2) is 9.59 Å². The molecular formula is C17H25NO4. The van der Waals surface area contributed by atoms with E-state index in [2.05, 4.69) is 5.32 Å². The topological polar surface area (TPSA) is 64.6 Å². The van der Waals surface area contributed by atoms with Crippen LogP contribution in [0.5, 0.6) is 0 Å². The Labute approximate surface area is 132 Å². The van der Waals surface area contributed by atoms with Gasteiger partial charge in [0.1, 0.15) is 18.2 Å². The van der Waals surface area contributed by atoms with E-state index < -0.39 is 23.7 Å². The van der Waals surface area contributed by atoms with Gasteiger partial charge in [0, 0.05) is 0 Å². The molecule has 0 aliphatic carbocycles. The third kappa shape index (κ3) is 6.61. The van der Waals surface area contributed by atoms with E-state index in [4.69, 9.17) is 9.47 Å². The first-order valence-electron chi connectivity index (χ1n) is 7.39. The summed E-state index contributed by atoms with van der Waals surface area (Å²) in [5.74, 6) is -0.569. The van der Waals surface area contributed by atoms with Crippen molar-refractivity contribution in [3.8, 4) is 0 Å². The number of carbonyl (C=O) groups is 2. The Bertz CT molecular complexity index is 491. The maximum absolute atomic E-state index is 12.2. The van der Waals surface area contributed by atoms with Gasteiger partial charge < -0.3 is 14.8 Å². The van der Waals surface area contributed by atoms with Crippen molar-refractivity contribution in [3.63, 3.8) is 0 Å². The number of rotatable bonds is 5. The molecule has 1 aromatic carbocycles. The molecule has 0 spiro atoms. The molecule has 1 atom stereocenters. The first kappa shape index (κ1) is 18.0. The number of hydrogen-bond acceptors (Lipinski definition) is 4. The van der Waals surface area contributed by atoms with Gasteiger partial charge in [-0.05, 0) is 32.3 Å². The molecule has 0 saturated carbocycles. The number of nitrogens with one attached hydrogen (secondary N) is 1. The Morgan fingerprint density at radius 3 is 2.23 bits per heavy atom. The summed E-state index contributed by atoms with van der Waals surface area (Å²) in [5.41, 5.74) is 0.287. The van der Waals surface area contributed by atoms with Crippen molar-refractivity contribution in [3.05, 3.63) is 35.9 Å². The predicted octanol–water partition coefficient (Wildman–Crippen LogP) is 3.28. The van der Waals surface area contributed by atoms with Crippen molar-refractivity contribution in [1.29, 1.82) is 0 Å². The summed E-state index contributed by atoms with van der Waals surface area (Å²) in [6.07, 6.45) is -0.622. The second-order valence-electron chi connectivity index (χ2n) is 6.46. The summed E-state index contributed by atoms with van der Waals surface area (Å²) >= 11 is 0. The molecule has 5 nitrogen and oxygen atoms in total. The molecule has 122 valence electrons. The van der Waals surface area contributed by atoms with E-state index in [1.807, 2.05) is 44.2 Å². The number of carbonyl (C=O) groups excluding carboxylic acids is 2. The van der Waals surface area contributed by atoms with Crippen molar-refractivity contribution in [2.75, 3.05) is 0 Å². The molecule has 0 unspecified atom stereocenters. The van der Waals surface area contributed by atoms with E-state index in [0.29, 0.717) is 0 Å². The van der Waals surface area contributed by atoms with Gasteiger partial charge in [0.05, 0.1) is 0 Å². The predicted molar refractivity (Wildman–Crippen MR) is 84.2 cm³/mol. The fourth-order valence-electron chi connectivity index (χ4n) is 1.75. The fraction of sp³-hybridized carbons (Fsp3) is 0.529. The quantitative estimate of drug-likeness (QED) is 0.848. The minimum Gasteiger partial charge on any atom is -0.459 e. The highest BCUT2D eigenvalue weighted by Gasteiger charge is 2.28. The van der Waals surface area contributed by atoms with E-state index in [-0.39, 0.29) is 12.5 Å². The van der Waals surface area contributed by atoms with Gasteiger partial charge in [0.2, 0.25) is 0 Å². The van der Waals surface area contributed by atoms with Crippen LogP contribution in [-0.4, -0.2) is 23.7 Å². The fourth-order valence-corrected chi connectivity index (χ4v) is 1.75. The Morgan fingerprint density at radius 1 is 1.14 bits per heavy atom. The average molecular weight is 307 g/mol. The van der Waals surface area contributed by atoms with Crippen LogP contribution in [0.15, 0.2) is 30.3 Å². The SMILES string of the molecule is CC(C)[C@H](NC(=O)OC(C)(C)C)C(=O)OCc1ccccc1. The second kappa shape index (κ2) is 7.82. The maximum Gasteiger partial charge on any atom is 0.408 e. The van der Waals surface area contributed by atoms with Crippen LogP contribution in [-0.2, 0) is 20.9 Å². The minimum absolute atomic E-state index is 0.101. The van der Waals surface area contributed by atoms with Gasteiger partial charge in [-0.1, -0.05) is 44.2 Å². The molecule has 0 aliphatic rings. The lowest BCUT2D eigenvalue weighted by atomic mass is 10.1. The Kier molecular flexibility index (Phi) is 6.40. The lowest BCUT2D eigenvalue weighted by molar-refractivity contribution is -0.148. The van der Waals surface area contributed by atoms with E-state index in [9.17, 15) is 9.59 Å². The standard InChI is InChI=1S/C17H25NO4/c1-12(2)14(18-16(20)22-17(3,4)5)15(19)21-11-13-9-7-6-8-10-13/h6-10,12,14H,11H2,1-5H3,(H,18,20)/t14-/m0/s1. The molecule has 0 heterocycles. The maximum atomic E-state index is 12.2. The van der Waals surface area contributed by atoms with Gasteiger partial charge in [-0.15, -0.1) is 0 Å². The van der Waals surface area contributed by atoms with E-state index in [0.717, 1.165) is 5.56 Å². The van der Waals surface area contributed by atoms with Crippen LogP contribution >= 0.6 is 0 Å². The number of benzene rings is 1. The van der Waals surface area contributed by atoms with Gasteiger partial charge >= 0.3 is 12.1 Å². The van der Waals surface area contributed by atoms with Crippen LogP contribution in [0.2, 0.25) is 0 Å². The van der Waals surface area contributed by atoms with Gasteiger partial charge in [0.25, 0.3) is 0 Å². The van der Waals surface area contributed by atoms with E-state index in [1.165, 1.54) is 0 Å². The molecule has 0 saturated heterocycles. The molecule has 5 heteroatoms. The van der Waals surface area contributed by atoms with Crippen LogP contribution in [0.4, 0.5) is 4.79 Å². The van der Waals surface area contributed by atoms with Crippen LogP contribution in [0.1, 0.15) is 40.2 Å². The molecule has 1 amide bonds. The lowest BCUT2D eigenvalue weighted by Crippen LogP contribution is -2.47. The highest BCUT2D eigenvalue weighted by Crippen LogP contribution is 2.10. The van der Waals surface area contributed by atoms with Crippen LogP contribution < -0.4 is 5.32 Å². The minimum atomic E-state index is -0.737. The van der Waals surface area contributed by atoms with Crippen LogP contribution in [0.3, 0.4) is 0 Å². The summed E-state index contributed by atoms with van der Waals surface area (Å²) in [7, 11) is 0. The zero-order chi connectivity index (χ0) is 16.8. The number of alkyl carbamates (subject to hydrolysis) is 1. The average Bonchev–Trinajstić information content (AvgIpc) is 2.41. The second-order valence-corrected chi connectivity index (χ2v) is 6.46. The number of esters is 1. The Balaban J connectivity index is 2.58. The van der Waals surface area contributed by atoms with Crippen molar-refractivity contribution in [1.82, 2.24) is 5.32 Å². The molecule has 22 heavy (non-hydrogen) atoms. The summed E-state index contributed by atoms with van der Waals surface area (Å²) in [6, 6.07) is 8.66. The number of amides is 1. The van der Waals surface area contributed by atoms with Crippen molar-refractivity contribution < 1.29 is 19.1 Å². The molecular weight excluding hydrogens is 282 g/mol. The number of ether oxygens (including phenoxy) is 2. The Morgan fingerprint density at radius 2 is 1.73 bits per heavy atom. The third-order valence-electron chi connectivity index (χ3n) is 2.82.